The van der Waals surface area contributed by atoms with Crippen LogP contribution in [0.15, 0.2) is 34.1 Å². The molecule has 34 heavy (non-hydrogen) atoms. The number of hydrogen-bond donors (Lipinski definition) is 8. The highest BCUT2D eigenvalue weighted by Crippen LogP contribution is 2.29. The lowest BCUT2D eigenvalue weighted by Crippen LogP contribution is -2.38. The van der Waals surface area contributed by atoms with Crippen molar-refractivity contribution in [3.05, 3.63) is 46.5 Å². The van der Waals surface area contributed by atoms with E-state index in [1.165, 1.54) is 0 Å². The van der Waals surface area contributed by atoms with Crippen LogP contribution >= 0.6 is 25.3 Å². The molecule has 0 atom stereocenters. The summed E-state index contributed by atoms with van der Waals surface area (Å²) in [7, 11) is 0. The van der Waals surface area contributed by atoms with E-state index in [1.807, 2.05) is 24.3 Å². The number of thiol groups is 2. The van der Waals surface area contributed by atoms with Crippen LogP contribution in [-0.4, -0.2) is 36.4 Å². The first kappa shape index (κ1) is 27.2. The molecule has 2 aromatic rings. The first-order valence-electron chi connectivity index (χ1n) is 11.9. The Kier molecular flexibility index (Phi) is 9.23. The third-order valence-corrected chi connectivity index (χ3v) is 6.70. The van der Waals surface area contributed by atoms with Gasteiger partial charge in [-0.3, -0.25) is 0 Å². The van der Waals surface area contributed by atoms with Crippen LogP contribution in [0.4, 0.5) is 0 Å². The topological polar surface area (TPSA) is 88.6 Å². The molecule has 8 heteroatoms. The van der Waals surface area contributed by atoms with E-state index in [4.69, 9.17) is 0 Å². The van der Waals surface area contributed by atoms with E-state index in [0.29, 0.717) is 37.7 Å². The van der Waals surface area contributed by atoms with Gasteiger partial charge in [-0.05, 0) is 35.1 Å². The molecule has 0 fully saturated rings. The zero-order valence-electron chi connectivity index (χ0n) is 20.8. The van der Waals surface area contributed by atoms with Crippen LogP contribution in [0.1, 0.15) is 49.9 Å². The van der Waals surface area contributed by atoms with Crippen molar-refractivity contribution in [2.45, 2.75) is 63.7 Å². The van der Waals surface area contributed by atoms with E-state index in [1.54, 1.807) is 0 Å². The Morgan fingerprint density at radius 1 is 0.559 bits per heavy atom. The van der Waals surface area contributed by atoms with Crippen LogP contribution in [-0.2, 0) is 26.2 Å². The average Bonchev–Trinajstić information content (AvgIpc) is 2.73. The fraction of sp³-hybridized carbons (Fsp3) is 0.538. The van der Waals surface area contributed by atoms with E-state index in [0.717, 1.165) is 58.2 Å². The van der Waals surface area contributed by atoms with Crippen molar-refractivity contribution in [1.29, 1.82) is 0 Å². The summed E-state index contributed by atoms with van der Waals surface area (Å²) in [5.74, 6) is 0.658. The normalized spacial score (nSPS) is 19.9. The summed E-state index contributed by atoms with van der Waals surface area (Å²) >= 11 is 9.11. The molecule has 0 amide bonds. The molecule has 0 unspecified atom stereocenters. The molecule has 0 aromatic heterocycles. The van der Waals surface area contributed by atoms with Gasteiger partial charge in [0.2, 0.25) is 0 Å². The summed E-state index contributed by atoms with van der Waals surface area (Å²) in [6.07, 6.45) is 0. The van der Waals surface area contributed by atoms with Gasteiger partial charge in [-0.15, -0.1) is 25.3 Å². The lowest BCUT2D eigenvalue weighted by atomic mass is 9.92. The standard InChI is InChI=1S/C26H40N4O2S2/c1-25(2)13-27-9-17-5-21(33)7-19(23(17)31)11-29-15-26(3,4)16-30-12-20-8-22(34)6-18(24(20)32)10-28-14-25/h5-8,27-34H,9-16H2,1-4H3. The molecule has 6 nitrogen and oxygen atoms in total. The summed E-state index contributed by atoms with van der Waals surface area (Å²) in [6, 6.07) is 7.69. The first-order valence-corrected chi connectivity index (χ1v) is 12.8. The predicted octanol–water partition coefficient (Wildman–Crippen LogP) is 3.80. The fourth-order valence-corrected chi connectivity index (χ4v) is 4.91. The predicted molar refractivity (Wildman–Crippen MR) is 145 cm³/mol. The Morgan fingerprint density at radius 2 is 0.794 bits per heavy atom. The zero-order chi connectivity index (χ0) is 24.9. The van der Waals surface area contributed by atoms with Crippen molar-refractivity contribution in [2.75, 3.05) is 26.2 Å². The van der Waals surface area contributed by atoms with E-state index >= 15 is 0 Å². The van der Waals surface area contributed by atoms with Crippen molar-refractivity contribution in [3.8, 4) is 11.5 Å². The summed E-state index contributed by atoms with van der Waals surface area (Å²) in [4.78, 5) is 1.69. The van der Waals surface area contributed by atoms with Gasteiger partial charge in [-0.25, -0.2) is 0 Å². The number of aromatic hydroxyl groups is 2. The Hall–Kier alpha value is -1.42. The maximum Gasteiger partial charge on any atom is 0.124 e. The van der Waals surface area contributed by atoms with Crippen molar-refractivity contribution in [3.63, 3.8) is 0 Å². The second kappa shape index (κ2) is 11.5. The van der Waals surface area contributed by atoms with E-state index < -0.39 is 0 Å². The highest BCUT2D eigenvalue weighted by Gasteiger charge is 2.21. The second-order valence-electron chi connectivity index (χ2n) is 11.0. The molecule has 1 heterocycles. The van der Waals surface area contributed by atoms with Crippen LogP contribution < -0.4 is 21.3 Å². The van der Waals surface area contributed by atoms with Gasteiger partial charge >= 0.3 is 0 Å². The van der Waals surface area contributed by atoms with E-state index in [-0.39, 0.29) is 10.8 Å². The molecule has 0 spiro atoms. The maximum atomic E-state index is 10.8. The minimum atomic E-state index is -0.0242. The quantitative estimate of drug-likeness (QED) is 0.261. The lowest BCUT2D eigenvalue weighted by Gasteiger charge is -2.27. The average molecular weight is 505 g/mol. The fourth-order valence-electron chi connectivity index (χ4n) is 4.29. The molecule has 188 valence electrons. The number of rotatable bonds is 0. The van der Waals surface area contributed by atoms with Gasteiger partial charge < -0.3 is 31.5 Å². The van der Waals surface area contributed by atoms with Crippen molar-refractivity contribution >= 4 is 25.3 Å². The summed E-state index contributed by atoms with van der Waals surface area (Å²) in [5, 5.41) is 35.7. The SMILES string of the molecule is CC1(C)CNCc2cc(S)cc(c2O)CNCC(C)(C)CNCc2cc(S)cc(c2O)CNC1. The maximum absolute atomic E-state index is 10.8. The molecule has 0 aliphatic carbocycles. The van der Waals surface area contributed by atoms with Gasteiger partial charge in [0, 0.05) is 84.4 Å². The molecule has 0 saturated heterocycles. The molecule has 1 aliphatic rings. The van der Waals surface area contributed by atoms with Gasteiger partial charge in [0.25, 0.3) is 0 Å². The Labute approximate surface area is 215 Å². The van der Waals surface area contributed by atoms with Gasteiger partial charge in [0.1, 0.15) is 11.5 Å². The van der Waals surface area contributed by atoms with Gasteiger partial charge in [-0.2, -0.15) is 0 Å². The molecule has 3 rings (SSSR count). The number of phenolic OH excluding ortho intramolecular Hbond substituents is 2. The largest absolute Gasteiger partial charge is 0.507 e. The van der Waals surface area contributed by atoms with Gasteiger partial charge in [0.05, 0.1) is 0 Å². The zero-order valence-corrected chi connectivity index (χ0v) is 22.5. The number of hydrogen-bond acceptors (Lipinski definition) is 8. The molecule has 0 radical (unpaired) electrons. The molecule has 2 aromatic carbocycles. The van der Waals surface area contributed by atoms with Crippen LogP contribution in [0.2, 0.25) is 0 Å². The summed E-state index contributed by atoms with van der Waals surface area (Å²) in [6.45, 7) is 14.1. The lowest BCUT2D eigenvalue weighted by molar-refractivity contribution is 0.313. The van der Waals surface area contributed by atoms with Crippen LogP contribution in [0.3, 0.4) is 0 Å². The number of nitrogens with one attached hydrogen (secondary N) is 4. The Morgan fingerprint density at radius 3 is 1.03 bits per heavy atom. The highest BCUT2D eigenvalue weighted by molar-refractivity contribution is 7.80. The van der Waals surface area contributed by atoms with Crippen molar-refractivity contribution in [2.24, 2.45) is 10.8 Å². The minimum absolute atomic E-state index is 0.0242. The van der Waals surface area contributed by atoms with Crippen LogP contribution in [0.25, 0.3) is 0 Å². The number of fused-ring (bicyclic) bond motifs is 4. The van der Waals surface area contributed by atoms with Gasteiger partial charge in [-0.1, -0.05) is 27.7 Å². The summed E-state index contributed by atoms with van der Waals surface area (Å²) in [5.41, 5.74) is 3.36. The van der Waals surface area contributed by atoms with Crippen molar-refractivity contribution in [1.82, 2.24) is 21.3 Å². The molecule has 4 bridgehead atoms. The van der Waals surface area contributed by atoms with Crippen LogP contribution in [0.5, 0.6) is 11.5 Å². The first-order chi connectivity index (χ1) is 16.0. The highest BCUT2D eigenvalue weighted by atomic mass is 32.1. The Balaban J connectivity index is 1.81. The monoisotopic (exact) mass is 504 g/mol. The molecular formula is C26H40N4O2S2. The number of phenols is 2. The second-order valence-corrected chi connectivity index (χ2v) is 12.0. The van der Waals surface area contributed by atoms with E-state index in [9.17, 15) is 10.2 Å². The molecular weight excluding hydrogens is 464 g/mol. The van der Waals surface area contributed by atoms with Gasteiger partial charge in [0.15, 0.2) is 0 Å². The Bertz CT molecular complexity index is 849. The molecule has 1 aliphatic heterocycles. The molecule has 6 N–H and O–H groups in total. The number of benzene rings is 2. The van der Waals surface area contributed by atoms with Crippen molar-refractivity contribution < 1.29 is 10.2 Å². The van der Waals surface area contributed by atoms with Crippen LogP contribution in [0, 0.1) is 10.8 Å². The summed E-state index contributed by atoms with van der Waals surface area (Å²) < 4.78 is 0. The third-order valence-electron chi connectivity index (χ3n) is 6.18. The van der Waals surface area contributed by atoms with E-state index in [2.05, 4.69) is 74.2 Å². The molecule has 0 saturated carbocycles. The third kappa shape index (κ3) is 7.80. The minimum Gasteiger partial charge on any atom is -0.507 e. The smallest absolute Gasteiger partial charge is 0.124 e.